The molecule has 5 nitrogen and oxygen atoms in total. The maximum Gasteiger partial charge on any atom is 0.165 e. The number of aromatic hydroxyl groups is 1. The summed E-state index contributed by atoms with van der Waals surface area (Å²) in [6, 6.07) is 1.66. The molecule has 1 unspecified atom stereocenters. The first-order chi connectivity index (χ1) is 11.8. The van der Waals surface area contributed by atoms with Crippen molar-refractivity contribution in [3.63, 3.8) is 0 Å². The van der Waals surface area contributed by atoms with Gasteiger partial charge in [0.25, 0.3) is 0 Å². The van der Waals surface area contributed by atoms with Crippen molar-refractivity contribution in [2.45, 2.75) is 49.9 Å². The second kappa shape index (κ2) is 6.74. The Labute approximate surface area is 144 Å². The third kappa shape index (κ3) is 3.84. The van der Waals surface area contributed by atoms with E-state index in [2.05, 4.69) is 5.32 Å². The minimum atomic E-state index is -1.48. The maximum absolute atomic E-state index is 14.1. The van der Waals surface area contributed by atoms with Crippen molar-refractivity contribution in [1.82, 2.24) is 5.32 Å². The predicted molar refractivity (Wildman–Crippen MR) is 89.6 cm³/mol. The topological polar surface area (TPSA) is 98.7 Å². The second-order valence-corrected chi connectivity index (χ2v) is 6.82. The van der Waals surface area contributed by atoms with Crippen LogP contribution in [-0.2, 0) is 0 Å². The molecule has 1 aromatic carbocycles. The lowest BCUT2D eigenvalue weighted by molar-refractivity contribution is 0.0360. The summed E-state index contributed by atoms with van der Waals surface area (Å²) >= 11 is 0. The highest BCUT2D eigenvalue weighted by Gasteiger charge is 2.33. The summed E-state index contributed by atoms with van der Waals surface area (Å²) in [7, 11) is 0. The van der Waals surface area contributed by atoms with E-state index in [1.165, 1.54) is 12.2 Å². The molecule has 2 aliphatic rings. The Morgan fingerprint density at radius 1 is 1.08 bits per heavy atom. The number of phenolic OH excluding ortho intramolecular Hbond substituents is 1. The summed E-state index contributed by atoms with van der Waals surface area (Å²) in [4.78, 5) is 0. The van der Waals surface area contributed by atoms with Gasteiger partial charge in [0.15, 0.2) is 11.6 Å². The number of hydrogen-bond donors (Lipinski definition) is 5. The average molecular weight is 352 g/mol. The van der Waals surface area contributed by atoms with Crippen molar-refractivity contribution in [2.75, 3.05) is 0 Å². The van der Waals surface area contributed by atoms with E-state index in [0.29, 0.717) is 6.07 Å². The largest absolute Gasteiger partial charge is 0.508 e. The first-order valence-corrected chi connectivity index (χ1v) is 8.34. The molecule has 136 valence electrons. The van der Waals surface area contributed by atoms with Crippen molar-refractivity contribution in [3.8, 4) is 5.75 Å². The molecule has 6 N–H and O–H groups in total. The van der Waals surface area contributed by atoms with E-state index in [1.807, 2.05) is 0 Å². The molecule has 1 saturated carbocycles. The van der Waals surface area contributed by atoms with Crippen LogP contribution in [0.4, 0.5) is 8.78 Å². The minimum Gasteiger partial charge on any atom is -0.508 e. The van der Waals surface area contributed by atoms with Crippen LogP contribution in [0.5, 0.6) is 5.75 Å². The molecule has 0 spiro atoms. The molecule has 2 aliphatic carbocycles. The third-order valence-electron chi connectivity index (χ3n) is 4.82. The summed E-state index contributed by atoms with van der Waals surface area (Å²) in [5, 5.41) is 33.2. The number of aliphatic hydroxyl groups excluding tert-OH is 1. The van der Waals surface area contributed by atoms with E-state index >= 15 is 0 Å². The lowest BCUT2D eigenvalue weighted by Gasteiger charge is -2.36. The molecule has 0 aromatic heterocycles. The summed E-state index contributed by atoms with van der Waals surface area (Å²) in [5.41, 5.74) is 4.15. The summed E-state index contributed by atoms with van der Waals surface area (Å²) < 4.78 is 27.7. The Hall–Kier alpha value is -1.96. The fraction of sp³-hybridized carbons (Fsp3) is 0.444. The highest BCUT2D eigenvalue weighted by Crippen LogP contribution is 2.34. The number of aliphatic hydroxyl groups is 2. The lowest BCUT2D eigenvalue weighted by Crippen LogP contribution is -2.51. The number of nitrogens with one attached hydrogen (secondary N) is 1. The van der Waals surface area contributed by atoms with E-state index in [0.717, 1.165) is 31.7 Å². The van der Waals surface area contributed by atoms with Gasteiger partial charge in [-0.1, -0.05) is 0 Å². The summed E-state index contributed by atoms with van der Waals surface area (Å²) in [5.74, 6) is -2.96. The lowest BCUT2D eigenvalue weighted by atomic mass is 9.88. The smallest absolute Gasteiger partial charge is 0.165 e. The number of benzene rings is 1. The number of nitrogens with two attached hydrogens (primary N) is 1. The summed E-state index contributed by atoms with van der Waals surface area (Å²) in [6.07, 6.45) is 6.08. The van der Waals surface area contributed by atoms with E-state index in [9.17, 15) is 24.1 Å². The zero-order valence-electron chi connectivity index (χ0n) is 13.7. The fourth-order valence-corrected chi connectivity index (χ4v) is 3.41. The van der Waals surface area contributed by atoms with Crippen LogP contribution in [-0.4, -0.2) is 33.1 Å². The van der Waals surface area contributed by atoms with Crippen LogP contribution in [0.25, 0.3) is 5.57 Å². The van der Waals surface area contributed by atoms with Crippen molar-refractivity contribution >= 4 is 5.57 Å². The van der Waals surface area contributed by atoms with Gasteiger partial charge in [0.05, 0.1) is 0 Å². The van der Waals surface area contributed by atoms with Crippen LogP contribution in [0.2, 0.25) is 0 Å². The average Bonchev–Trinajstić information content (AvgIpc) is 2.56. The Morgan fingerprint density at radius 2 is 1.76 bits per heavy atom. The molecule has 1 fully saturated rings. The molecular formula is C18H22F2N2O3. The number of hydrogen-bond acceptors (Lipinski definition) is 5. The monoisotopic (exact) mass is 352 g/mol. The highest BCUT2D eigenvalue weighted by molar-refractivity contribution is 5.79. The molecule has 0 radical (unpaired) electrons. The molecule has 0 saturated heterocycles. The first-order valence-electron chi connectivity index (χ1n) is 8.34. The molecule has 7 heteroatoms. The molecule has 3 rings (SSSR count). The van der Waals surface area contributed by atoms with Gasteiger partial charge in [-0.2, -0.15) is 0 Å². The predicted octanol–water partition coefficient (Wildman–Crippen LogP) is 2.45. The quantitative estimate of drug-likeness (QED) is 0.538. The number of allylic oxidation sites excluding steroid dienone is 1. The Kier molecular flexibility index (Phi) is 4.81. The van der Waals surface area contributed by atoms with E-state index in [-0.39, 0.29) is 35.4 Å². The molecule has 0 heterocycles. The van der Waals surface area contributed by atoms with Gasteiger partial charge < -0.3 is 21.1 Å². The molecule has 1 aromatic rings. The third-order valence-corrected chi connectivity index (χ3v) is 4.82. The van der Waals surface area contributed by atoms with E-state index in [1.54, 1.807) is 0 Å². The summed E-state index contributed by atoms with van der Waals surface area (Å²) in [6.45, 7) is 0. The van der Waals surface area contributed by atoms with E-state index in [4.69, 9.17) is 5.73 Å². The van der Waals surface area contributed by atoms with Crippen LogP contribution in [0.3, 0.4) is 0 Å². The van der Waals surface area contributed by atoms with Gasteiger partial charge in [0.2, 0.25) is 0 Å². The standard InChI is InChI=1S/C18H22F2N2O3/c19-14-8-17(24)15(20)7-12(14)13-9-18(25,6-5-16(13)23)22-11-3-1-10(21)2-4-11/h5,7-11,22-25H,1-4,6,21H2/t10-,11-,18?. The van der Waals surface area contributed by atoms with Crippen LogP contribution >= 0.6 is 0 Å². The normalized spacial score (nSPS) is 29.9. The van der Waals surface area contributed by atoms with Crippen LogP contribution < -0.4 is 11.1 Å². The van der Waals surface area contributed by atoms with Crippen LogP contribution in [0, 0.1) is 11.6 Å². The molecule has 0 amide bonds. The Bertz CT molecular complexity index is 727. The van der Waals surface area contributed by atoms with Crippen molar-refractivity contribution in [1.29, 1.82) is 0 Å². The Morgan fingerprint density at radius 3 is 2.44 bits per heavy atom. The van der Waals surface area contributed by atoms with Gasteiger partial charge in [-0.3, -0.25) is 5.32 Å². The number of phenols is 1. The van der Waals surface area contributed by atoms with Crippen molar-refractivity contribution in [3.05, 3.63) is 47.2 Å². The zero-order chi connectivity index (χ0) is 18.2. The van der Waals surface area contributed by atoms with Gasteiger partial charge >= 0.3 is 0 Å². The first kappa shape index (κ1) is 17.8. The zero-order valence-corrected chi connectivity index (χ0v) is 13.7. The molecular weight excluding hydrogens is 330 g/mol. The number of rotatable bonds is 3. The number of halogens is 2. The van der Waals surface area contributed by atoms with Crippen molar-refractivity contribution < 1.29 is 24.1 Å². The molecule has 0 aliphatic heterocycles. The van der Waals surface area contributed by atoms with Gasteiger partial charge in [-0.25, -0.2) is 8.78 Å². The van der Waals surface area contributed by atoms with Crippen molar-refractivity contribution in [2.24, 2.45) is 5.73 Å². The van der Waals surface area contributed by atoms with Crippen LogP contribution in [0.15, 0.2) is 30.0 Å². The van der Waals surface area contributed by atoms with E-state index < -0.39 is 23.1 Å². The molecule has 0 bridgehead atoms. The SMILES string of the molecule is N[C@H]1CC[C@H](NC2(O)C=C(c3cc(F)c(O)cc3F)C(O)=CC2)CC1. The highest BCUT2D eigenvalue weighted by atomic mass is 19.1. The van der Waals surface area contributed by atoms with Crippen LogP contribution in [0.1, 0.15) is 37.7 Å². The fourth-order valence-electron chi connectivity index (χ4n) is 3.41. The maximum atomic E-state index is 14.1. The van der Waals surface area contributed by atoms with Gasteiger partial charge in [0, 0.05) is 35.7 Å². The minimum absolute atomic E-state index is 0.0230. The van der Waals surface area contributed by atoms with Gasteiger partial charge in [0.1, 0.15) is 17.3 Å². The second-order valence-electron chi connectivity index (χ2n) is 6.82. The Balaban J connectivity index is 1.88. The van der Waals surface area contributed by atoms with Gasteiger partial charge in [-0.15, -0.1) is 0 Å². The van der Waals surface area contributed by atoms with Gasteiger partial charge in [-0.05, 0) is 43.9 Å². The molecule has 25 heavy (non-hydrogen) atoms. The molecule has 1 atom stereocenters.